The van der Waals surface area contributed by atoms with Gasteiger partial charge in [-0.3, -0.25) is 4.79 Å². The maximum absolute atomic E-state index is 13.1. The number of nitrogens with zero attached hydrogens (tertiary/aromatic N) is 1. The third kappa shape index (κ3) is 5.47. The van der Waals surface area contributed by atoms with Gasteiger partial charge in [0.15, 0.2) is 0 Å². The summed E-state index contributed by atoms with van der Waals surface area (Å²) < 4.78 is 11.4. The lowest BCUT2D eigenvalue weighted by molar-refractivity contribution is -0.129. The van der Waals surface area contributed by atoms with Crippen LogP contribution in [0.5, 0.6) is 5.75 Å². The first-order valence-corrected chi connectivity index (χ1v) is 12.5. The van der Waals surface area contributed by atoms with Crippen molar-refractivity contribution in [2.24, 2.45) is 11.0 Å². The van der Waals surface area contributed by atoms with Crippen LogP contribution in [0.25, 0.3) is 6.08 Å². The van der Waals surface area contributed by atoms with Crippen molar-refractivity contribution in [3.8, 4) is 5.75 Å². The number of rotatable bonds is 8. The smallest absolute Gasteiger partial charge is 0.336 e. The zero-order valence-corrected chi connectivity index (χ0v) is 21.3. The Morgan fingerprint density at radius 2 is 1.68 bits per heavy atom. The number of carbonyl (C=O) groups is 2. The van der Waals surface area contributed by atoms with Crippen LogP contribution in [0, 0.1) is 5.92 Å². The SMILES string of the molecule is O=C(/C=C/c1ccco1)Oc1ccc(Br)cc1/C=N/NC(=O)C1CC1(c1ccccc1)c1ccccc1. The first-order chi connectivity index (χ1) is 18.1. The van der Waals surface area contributed by atoms with E-state index in [4.69, 9.17) is 9.15 Å². The monoisotopic (exact) mass is 554 g/mol. The third-order valence-corrected chi connectivity index (χ3v) is 6.84. The second kappa shape index (κ2) is 10.8. The highest BCUT2D eigenvalue weighted by Gasteiger charge is 2.60. The van der Waals surface area contributed by atoms with Crippen LogP contribution in [0.2, 0.25) is 0 Å². The fourth-order valence-electron chi connectivity index (χ4n) is 4.49. The number of halogens is 1. The van der Waals surface area contributed by atoms with Gasteiger partial charge in [0.1, 0.15) is 11.5 Å². The molecule has 1 aromatic heterocycles. The van der Waals surface area contributed by atoms with Crippen LogP contribution >= 0.6 is 15.9 Å². The maximum Gasteiger partial charge on any atom is 0.336 e. The quantitative estimate of drug-likeness (QED) is 0.0935. The number of hydrogen-bond donors (Lipinski definition) is 1. The summed E-state index contributed by atoms with van der Waals surface area (Å²) in [6.45, 7) is 0. The van der Waals surface area contributed by atoms with Gasteiger partial charge in [-0.05, 0) is 54.0 Å². The molecule has 1 heterocycles. The molecule has 5 rings (SSSR count). The minimum atomic E-state index is -0.564. The van der Waals surface area contributed by atoms with E-state index in [9.17, 15) is 9.59 Å². The summed E-state index contributed by atoms with van der Waals surface area (Å²) in [4.78, 5) is 25.4. The Morgan fingerprint density at radius 1 is 0.973 bits per heavy atom. The van der Waals surface area contributed by atoms with E-state index in [-0.39, 0.29) is 17.2 Å². The fourth-order valence-corrected chi connectivity index (χ4v) is 4.87. The summed E-state index contributed by atoms with van der Waals surface area (Å²) in [7, 11) is 0. The Bertz CT molecular complexity index is 1410. The second-order valence-corrected chi connectivity index (χ2v) is 9.56. The Kier molecular flexibility index (Phi) is 7.14. The van der Waals surface area contributed by atoms with Crippen molar-refractivity contribution in [3.05, 3.63) is 130 Å². The van der Waals surface area contributed by atoms with E-state index in [0.29, 0.717) is 23.5 Å². The van der Waals surface area contributed by atoms with E-state index in [1.807, 2.05) is 36.4 Å². The van der Waals surface area contributed by atoms with Crippen LogP contribution < -0.4 is 10.2 Å². The number of hydrazone groups is 1. The van der Waals surface area contributed by atoms with Gasteiger partial charge in [0.25, 0.3) is 0 Å². The minimum Gasteiger partial charge on any atom is -0.465 e. The molecule has 1 unspecified atom stereocenters. The summed E-state index contributed by atoms with van der Waals surface area (Å²) in [6.07, 6.45) is 6.49. The molecule has 0 saturated heterocycles. The van der Waals surface area contributed by atoms with Gasteiger partial charge in [-0.25, -0.2) is 10.2 Å². The molecular weight excluding hydrogens is 532 g/mol. The topological polar surface area (TPSA) is 80.9 Å². The van der Waals surface area contributed by atoms with Crippen LogP contribution in [0.4, 0.5) is 0 Å². The number of esters is 1. The minimum absolute atomic E-state index is 0.168. The molecule has 1 N–H and O–H groups in total. The molecule has 1 aliphatic rings. The first kappa shape index (κ1) is 24.5. The molecule has 1 aliphatic carbocycles. The Morgan fingerprint density at radius 3 is 2.32 bits per heavy atom. The molecule has 0 spiro atoms. The molecule has 0 radical (unpaired) electrons. The first-order valence-electron chi connectivity index (χ1n) is 11.7. The number of benzene rings is 3. The molecule has 3 aromatic carbocycles. The molecular formula is C30H23BrN2O4. The van der Waals surface area contributed by atoms with Crippen molar-refractivity contribution < 1.29 is 18.7 Å². The van der Waals surface area contributed by atoms with Gasteiger partial charge >= 0.3 is 5.97 Å². The molecule has 1 atom stereocenters. The summed E-state index contributed by atoms with van der Waals surface area (Å²) in [5.74, 6) is -0.130. The Labute approximate surface area is 222 Å². The zero-order valence-electron chi connectivity index (χ0n) is 19.7. The van der Waals surface area contributed by atoms with E-state index in [1.165, 1.54) is 24.6 Å². The van der Waals surface area contributed by atoms with E-state index in [1.54, 1.807) is 30.3 Å². The van der Waals surface area contributed by atoms with Gasteiger partial charge in [0.2, 0.25) is 5.91 Å². The average molecular weight is 555 g/mol. The van der Waals surface area contributed by atoms with Crippen LogP contribution in [0.1, 0.15) is 28.9 Å². The fraction of sp³-hybridized carbons (Fsp3) is 0.100. The van der Waals surface area contributed by atoms with E-state index in [0.717, 1.165) is 15.6 Å². The van der Waals surface area contributed by atoms with Gasteiger partial charge in [-0.15, -0.1) is 0 Å². The highest BCUT2D eigenvalue weighted by atomic mass is 79.9. The molecule has 1 amide bonds. The lowest BCUT2D eigenvalue weighted by atomic mass is 9.85. The van der Waals surface area contributed by atoms with Gasteiger partial charge in [-0.2, -0.15) is 5.10 Å². The third-order valence-electron chi connectivity index (χ3n) is 6.34. The molecule has 1 fully saturated rings. The second-order valence-electron chi connectivity index (χ2n) is 8.65. The number of hydrogen-bond acceptors (Lipinski definition) is 5. The highest BCUT2D eigenvalue weighted by Crippen LogP contribution is 2.58. The lowest BCUT2D eigenvalue weighted by Crippen LogP contribution is -2.25. The molecule has 7 heteroatoms. The highest BCUT2D eigenvalue weighted by molar-refractivity contribution is 9.10. The van der Waals surface area contributed by atoms with Crippen molar-refractivity contribution >= 4 is 40.1 Å². The van der Waals surface area contributed by atoms with E-state index < -0.39 is 5.97 Å². The molecule has 37 heavy (non-hydrogen) atoms. The van der Waals surface area contributed by atoms with Crippen LogP contribution in [-0.2, 0) is 15.0 Å². The molecule has 184 valence electrons. The molecule has 6 nitrogen and oxygen atoms in total. The summed E-state index contributed by atoms with van der Waals surface area (Å²) in [6, 6.07) is 28.8. The number of nitrogens with one attached hydrogen (secondary N) is 1. The predicted octanol–water partition coefficient (Wildman–Crippen LogP) is 6.12. The van der Waals surface area contributed by atoms with Crippen molar-refractivity contribution in [1.29, 1.82) is 0 Å². The summed E-state index contributed by atoms with van der Waals surface area (Å²) >= 11 is 3.42. The molecule has 0 bridgehead atoms. The predicted molar refractivity (Wildman–Crippen MR) is 145 cm³/mol. The molecule has 0 aliphatic heterocycles. The van der Waals surface area contributed by atoms with Crippen LogP contribution in [0.15, 0.2) is 117 Å². The van der Waals surface area contributed by atoms with E-state index in [2.05, 4.69) is 50.7 Å². The number of furan rings is 1. The number of amides is 1. The van der Waals surface area contributed by atoms with Gasteiger partial charge in [0, 0.05) is 21.5 Å². The van der Waals surface area contributed by atoms with Crippen LogP contribution in [-0.4, -0.2) is 18.1 Å². The van der Waals surface area contributed by atoms with Crippen molar-refractivity contribution in [1.82, 2.24) is 5.43 Å². The van der Waals surface area contributed by atoms with Gasteiger partial charge in [0.05, 0.1) is 18.4 Å². The summed E-state index contributed by atoms with van der Waals surface area (Å²) in [5.41, 5.74) is 5.04. The van der Waals surface area contributed by atoms with Gasteiger partial charge in [-0.1, -0.05) is 76.6 Å². The van der Waals surface area contributed by atoms with Crippen molar-refractivity contribution in [2.45, 2.75) is 11.8 Å². The number of ether oxygens (including phenoxy) is 1. The van der Waals surface area contributed by atoms with Crippen molar-refractivity contribution in [2.75, 3.05) is 0 Å². The Hall–Kier alpha value is -4.23. The number of carbonyl (C=O) groups excluding carboxylic acids is 2. The molecule has 4 aromatic rings. The van der Waals surface area contributed by atoms with Gasteiger partial charge < -0.3 is 9.15 Å². The average Bonchev–Trinajstić information content (AvgIpc) is 3.48. The maximum atomic E-state index is 13.1. The molecule has 1 saturated carbocycles. The van der Waals surface area contributed by atoms with Crippen LogP contribution in [0.3, 0.4) is 0 Å². The van der Waals surface area contributed by atoms with E-state index >= 15 is 0 Å². The normalized spacial score (nSPS) is 16.1. The standard InChI is InChI=1S/C30H23BrN2O4/c31-24-13-15-27(37-28(34)16-14-25-12-7-17-36-25)21(18-24)20-32-33-29(35)26-19-30(26,22-8-3-1-4-9-22)23-10-5-2-6-11-23/h1-18,20,26H,19H2,(H,33,35)/b16-14+,32-20+. The lowest BCUT2D eigenvalue weighted by Gasteiger charge is -2.18. The largest absolute Gasteiger partial charge is 0.465 e. The zero-order chi connectivity index (χ0) is 25.7. The Balaban J connectivity index is 1.29. The summed E-state index contributed by atoms with van der Waals surface area (Å²) in [5, 5.41) is 4.18. The van der Waals surface area contributed by atoms with Crippen molar-refractivity contribution in [3.63, 3.8) is 0 Å².